The predicted octanol–water partition coefficient (Wildman–Crippen LogP) is -9.77. The average Bonchev–Trinajstić information content (AvgIpc) is 0.861. The maximum Gasteiger partial charge on any atom is 0.305 e. The number of carbonyl (C=O) groups is 21. The first kappa shape index (κ1) is 108. The van der Waals surface area contributed by atoms with E-state index in [2.05, 4.69) is 86.7 Å². The summed E-state index contributed by atoms with van der Waals surface area (Å²) in [5.74, 6) is -28.2. The van der Waals surface area contributed by atoms with Crippen LogP contribution in [0.4, 0.5) is 0 Å². The van der Waals surface area contributed by atoms with Gasteiger partial charge in [-0.05, 0) is 94.4 Å². The van der Waals surface area contributed by atoms with Crippen LogP contribution in [0.25, 0.3) is 0 Å². The van der Waals surface area contributed by atoms with Gasteiger partial charge in [-0.25, -0.2) is 0 Å². The van der Waals surface area contributed by atoms with E-state index in [9.17, 15) is 131 Å². The molecule has 15 atom stereocenters. The molecular formula is C71H121N21O27S. The number of carbonyl (C=O) groups excluding carboxylic acids is 17. The van der Waals surface area contributed by atoms with Crippen LogP contribution < -0.4 is 108 Å². The van der Waals surface area contributed by atoms with Gasteiger partial charge in [0.2, 0.25) is 100 Å². The molecule has 120 heavy (non-hydrogen) atoms. The van der Waals surface area contributed by atoms with E-state index in [1.807, 2.05) is 10.6 Å². The number of hydrogen-bond donors (Lipinski definition) is 27. The van der Waals surface area contributed by atoms with Gasteiger partial charge in [0.15, 0.2) is 5.96 Å². The highest BCUT2D eigenvalue weighted by Crippen LogP contribution is 2.15. The summed E-state index contributed by atoms with van der Waals surface area (Å²) in [5.41, 5.74) is 27.2. The Morgan fingerprint density at radius 3 is 1.04 bits per heavy atom. The van der Waals surface area contributed by atoms with Gasteiger partial charge in [-0.15, -0.1) is 0 Å². The van der Waals surface area contributed by atoms with Gasteiger partial charge in [0, 0.05) is 32.1 Å². The lowest BCUT2D eigenvalue weighted by Crippen LogP contribution is -2.61. The summed E-state index contributed by atoms with van der Waals surface area (Å²) in [6.07, 6.45) is -6.28. The summed E-state index contributed by atoms with van der Waals surface area (Å²) in [4.78, 5) is 281. The summed E-state index contributed by atoms with van der Waals surface area (Å²) >= 11 is 4.22. The van der Waals surface area contributed by atoms with Gasteiger partial charge in [-0.2, -0.15) is 12.6 Å². The van der Waals surface area contributed by atoms with E-state index in [4.69, 9.17) is 28.7 Å². The maximum atomic E-state index is 14.6. The number of unbranched alkanes of at least 4 members (excludes halogenated alkanes) is 1. The normalized spacial score (nSPS) is 14.8. The number of hydrogen-bond acceptors (Lipinski definition) is 26. The Kier molecular flexibility index (Phi) is 51.2. The molecule has 0 unspecified atom stereocenters. The zero-order chi connectivity index (χ0) is 92.0. The molecule has 0 fully saturated rings. The van der Waals surface area contributed by atoms with E-state index < -0.39 is 291 Å². The van der Waals surface area contributed by atoms with E-state index in [-0.39, 0.29) is 82.3 Å². The van der Waals surface area contributed by atoms with Crippen LogP contribution in [-0.2, 0) is 101 Å². The van der Waals surface area contributed by atoms with Crippen LogP contribution in [0.3, 0.4) is 0 Å². The quantitative estimate of drug-likeness (QED) is 0.0116. The third kappa shape index (κ3) is 44.2. The number of rotatable bonds is 61. The van der Waals surface area contributed by atoms with Crippen LogP contribution in [0.5, 0.6) is 0 Å². The van der Waals surface area contributed by atoms with Crippen LogP contribution >= 0.6 is 12.6 Å². The molecule has 0 aromatic rings. The van der Waals surface area contributed by atoms with Gasteiger partial charge in [-0.3, -0.25) is 106 Å². The van der Waals surface area contributed by atoms with Crippen molar-refractivity contribution in [3.63, 3.8) is 0 Å². The SMILES string of the molecule is CC[C@H](C)[C@H](NC(=O)[C@H](CCCN=C(N)N)NC(=O)[C@H](CCCCN)NC(=O)[C@H](CC(C)C)NC(=O)[C@H](CS)NC(=O)[C@H](CCC(=O)O)NC(=O)[C@H](CO)NC(=O)[C@H](CC(C)C)NC(C)=O)C(=O)NCC(=O)N[C@@H](CC(=O)O)C(=O)N[C@@H](CCC(=O)O)C(=O)N[C@@H](CC(C)C)C(=O)N[C@@H](CC(=O)O)C(=O)N[C@@H](CO)C(=O)N[C@@H](CC(N)=O)C(N)=O. The standard InChI is InChI=1S/C71H121N21O27S/c1-10-35(8)56(70(119)78-28-51(97)80-45(26-54(102)103)65(114)83-39(16-18-52(98)99)59(108)86-44(24-34(6)7)64(113)88-46(27-55(104)105)66(115)90-48(30-94)68(117)85-41(57(74)106)25-50(73)96)92-61(110)38(15-13-21-77-71(75)76)81-58(107)37(14-11-12-20-72)82-63(112)43(23-33(4)5)87-69(118)49(31-120)91-60(109)40(17-19-53(100)101)84-67(116)47(29-93)89-62(111)42(22-32(2)3)79-36(9)95/h32-35,37-49,56,93-94,120H,10-31,72H2,1-9H3,(H2,73,96)(H2,74,106)(H,78,119)(H,79,95)(H,80,97)(H,81,107)(H,82,112)(H,83,114)(H,84,116)(H,85,117)(H,86,108)(H,87,118)(H,88,113)(H,89,111)(H,90,115)(H,91,109)(H,92,110)(H,98,99)(H,100,101)(H,102,103)(H,104,105)(H4,75,76,77)/t35-,37-,38-,39-,40-,41-,42-,43-,44-,45-,46-,47-,48-,49-,56-/m0/s1. The smallest absolute Gasteiger partial charge is 0.305 e. The number of carboxylic acid groups (broad SMARTS) is 4. The fraction of sp³-hybridized carbons (Fsp3) is 0.690. The molecule has 17 amide bonds. The monoisotopic (exact) mass is 1730 g/mol. The summed E-state index contributed by atoms with van der Waals surface area (Å²) in [5, 5.41) is 93.3. The van der Waals surface area contributed by atoms with Crippen LogP contribution in [0.2, 0.25) is 0 Å². The van der Waals surface area contributed by atoms with E-state index in [1.165, 1.54) is 6.92 Å². The summed E-state index contributed by atoms with van der Waals surface area (Å²) in [7, 11) is 0. The van der Waals surface area contributed by atoms with E-state index >= 15 is 0 Å². The van der Waals surface area contributed by atoms with E-state index in [0.717, 1.165) is 6.92 Å². The third-order valence-corrected chi connectivity index (χ3v) is 17.9. The third-order valence-electron chi connectivity index (χ3n) is 17.6. The molecule has 49 heteroatoms. The van der Waals surface area contributed by atoms with Gasteiger partial charge in [0.25, 0.3) is 0 Å². The van der Waals surface area contributed by atoms with Crippen molar-refractivity contribution in [1.82, 2.24) is 79.8 Å². The molecule has 48 nitrogen and oxygen atoms in total. The number of aliphatic hydroxyl groups excluding tert-OH is 2. The molecule has 0 saturated heterocycles. The molecule has 0 radical (unpaired) electrons. The molecule has 0 aliphatic carbocycles. The zero-order valence-electron chi connectivity index (χ0n) is 68.5. The average molecular weight is 1730 g/mol. The number of aliphatic carboxylic acids is 4. The molecule has 0 aliphatic rings. The van der Waals surface area contributed by atoms with Crippen molar-refractivity contribution < 1.29 is 131 Å². The van der Waals surface area contributed by atoms with Gasteiger partial charge in [-0.1, -0.05) is 61.8 Å². The van der Waals surface area contributed by atoms with Crippen molar-refractivity contribution in [2.75, 3.05) is 38.6 Å². The highest BCUT2D eigenvalue weighted by atomic mass is 32.1. The Hall–Kier alpha value is -11.6. The Morgan fingerprint density at radius 1 is 0.367 bits per heavy atom. The summed E-state index contributed by atoms with van der Waals surface area (Å²) in [6, 6.07) is -24.0. The van der Waals surface area contributed by atoms with Crippen LogP contribution in [0.15, 0.2) is 4.99 Å². The van der Waals surface area contributed by atoms with Crippen molar-refractivity contribution in [2.45, 2.75) is 250 Å². The number of nitrogens with two attached hydrogens (primary N) is 5. The van der Waals surface area contributed by atoms with Gasteiger partial charge < -0.3 is 139 Å². The molecular weight excluding hydrogens is 1610 g/mol. The fourth-order valence-electron chi connectivity index (χ4n) is 11.2. The van der Waals surface area contributed by atoms with E-state index in [1.54, 1.807) is 48.5 Å². The molecule has 0 aromatic heterocycles. The second kappa shape index (κ2) is 56.7. The van der Waals surface area contributed by atoms with Crippen LogP contribution in [0, 0.1) is 23.7 Å². The lowest BCUT2D eigenvalue weighted by atomic mass is 9.97. The largest absolute Gasteiger partial charge is 0.481 e. The Balaban J connectivity index is 7.08. The van der Waals surface area contributed by atoms with Crippen molar-refractivity contribution >= 4 is 143 Å². The summed E-state index contributed by atoms with van der Waals surface area (Å²) in [6.45, 7) is 11.0. The highest BCUT2D eigenvalue weighted by Gasteiger charge is 2.39. The minimum atomic E-state index is -2.12. The number of guanidine groups is 1. The summed E-state index contributed by atoms with van der Waals surface area (Å²) < 4.78 is 0. The Morgan fingerprint density at radius 2 is 0.692 bits per heavy atom. The molecule has 678 valence electrons. The minimum Gasteiger partial charge on any atom is -0.481 e. The molecule has 0 saturated carbocycles. The lowest BCUT2D eigenvalue weighted by molar-refractivity contribution is -0.142. The lowest BCUT2D eigenvalue weighted by Gasteiger charge is -2.29. The number of primary amides is 2. The van der Waals surface area contributed by atoms with Gasteiger partial charge in [0.1, 0.15) is 84.6 Å². The predicted molar refractivity (Wildman–Crippen MR) is 426 cm³/mol. The zero-order valence-corrected chi connectivity index (χ0v) is 69.4. The first-order valence-corrected chi connectivity index (χ1v) is 39.2. The number of aliphatic imine (C=N–C) groups is 1. The molecule has 0 heterocycles. The number of carboxylic acids is 4. The first-order chi connectivity index (χ1) is 56.0. The minimum absolute atomic E-state index is 0.0170. The maximum absolute atomic E-state index is 14.6. The second-order valence-corrected chi connectivity index (χ2v) is 29.8. The molecule has 0 aliphatic heterocycles. The van der Waals surface area contributed by atoms with Crippen molar-refractivity contribution in [3.05, 3.63) is 0 Å². The second-order valence-electron chi connectivity index (χ2n) is 29.4. The molecule has 0 bridgehead atoms. The van der Waals surface area contributed by atoms with E-state index in [0.29, 0.717) is 6.42 Å². The fourth-order valence-corrected chi connectivity index (χ4v) is 11.5. The molecule has 31 N–H and O–H groups in total. The van der Waals surface area contributed by atoms with Gasteiger partial charge >= 0.3 is 23.9 Å². The molecule has 0 rings (SSSR count). The van der Waals surface area contributed by atoms with Crippen molar-refractivity contribution in [2.24, 2.45) is 57.3 Å². The number of nitrogens with zero attached hydrogens (tertiary/aromatic N) is 1. The number of nitrogens with one attached hydrogen (secondary N) is 15. The Bertz CT molecular complexity index is 3590. The first-order valence-electron chi connectivity index (χ1n) is 38.6. The van der Waals surface area contributed by atoms with Crippen LogP contribution in [0.1, 0.15) is 165 Å². The number of aliphatic hydroxyl groups is 2. The van der Waals surface area contributed by atoms with Crippen molar-refractivity contribution in [1.29, 1.82) is 0 Å². The van der Waals surface area contributed by atoms with Crippen molar-refractivity contribution in [3.8, 4) is 0 Å². The topological polar surface area (TPSA) is 803 Å². The Labute approximate surface area is 696 Å². The number of amides is 17. The highest BCUT2D eigenvalue weighted by molar-refractivity contribution is 7.80. The van der Waals surface area contributed by atoms with Crippen LogP contribution in [-0.4, -0.2) is 284 Å². The van der Waals surface area contributed by atoms with Gasteiger partial charge in [0.05, 0.1) is 39.0 Å². The molecule has 0 spiro atoms. The number of thiol groups is 1. The molecule has 0 aromatic carbocycles.